The number of anilines is 2. The summed E-state index contributed by atoms with van der Waals surface area (Å²) in [6.07, 6.45) is 0. The van der Waals surface area contributed by atoms with Gasteiger partial charge < -0.3 is 5.32 Å². The highest BCUT2D eigenvalue weighted by atomic mass is 32.2. The van der Waals surface area contributed by atoms with Gasteiger partial charge in [-0.15, -0.1) is 0 Å². The quantitative estimate of drug-likeness (QED) is 0.844. The molecule has 0 saturated carbocycles. The molecule has 0 aromatic heterocycles. The molecule has 2 aromatic rings. The molecule has 0 unspecified atom stereocenters. The molecule has 0 fully saturated rings. The van der Waals surface area contributed by atoms with Crippen LogP contribution in [0.15, 0.2) is 35.2 Å². The van der Waals surface area contributed by atoms with Crippen molar-refractivity contribution in [3.8, 4) is 0 Å². The summed E-state index contributed by atoms with van der Waals surface area (Å²) < 4.78 is 32.8. The second-order valence-corrected chi connectivity index (χ2v) is 6.53. The van der Waals surface area contributed by atoms with Gasteiger partial charge in [-0.1, -0.05) is 18.2 Å². The van der Waals surface area contributed by atoms with E-state index in [2.05, 4.69) is 5.32 Å². The number of hydrogen-bond acceptors (Lipinski definition) is 3. The maximum Gasteiger partial charge on any atom is 0.295 e. The largest absolute Gasteiger partial charge is 0.355 e. The molecule has 0 atom stereocenters. The third kappa shape index (κ3) is 2.94. The Morgan fingerprint density at radius 2 is 1.43 bits per heavy atom. The van der Waals surface area contributed by atoms with Gasteiger partial charge in [0.2, 0.25) is 0 Å². The normalized spacial score (nSPS) is 11.5. The van der Waals surface area contributed by atoms with Crippen LogP contribution in [-0.2, 0) is 10.1 Å². The first kappa shape index (κ1) is 15.5. The Labute approximate surface area is 125 Å². The maximum atomic E-state index is 11.7. The van der Waals surface area contributed by atoms with Crippen LogP contribution in [0, 0.1) is 27.7 Å². The molecule has 2 aromatic carbocycles. The van der Waals surface area contributed by atoms with Crippen LogP contribution in [0.2, 0.25) is 0 Å². The van der Waals surface area contributed by atoms with E-state index in [0.717, 1.165) is 22.5 Å². The van der Waals surface area contributed by atoms with Crippen LogP contribution >= 0.6 is 0 Å². The average Bonchev–Trinajstić information content (AvgIpc) is 2.41. The average molecular weight is 305 g/mol. The Balaban J connectivity index is 2.70. The summed E-state index contributed by atoms with van der Waals surface area (Å²) in [5.74, 6) is 0. The minimum absolute atomic E-state index is 0.0102. The van der Waals surface area contributed by atoms with E-state index in [-0.39, 0.29) is 4.90 Å². The molecule has 0 spiro atoms. The van der Waals surface area contributed by atoms with Gasteiger partial charge in [0.1, 0.15) is 4.90 Å². The van der Waals surface area contributed by atoms with Crippen molar-refractivity contribution < 1.29 is 13.0 Å². The summed E-state index contributed by atoms with van der Waals surface area (Å²) in [5.41, 5.74) is 4.53. The fourth-order valence-electron chi connectivity index (χ4n) is 2.56. The lowest BCUT2D eigenvalue weighted by molar-refractivity contribution is 0.482. The van der Waals surface area contributed by atoms with Crippen molar-refractivity contribution in [2.75, 3.05) is 5.32 Å². The molecule has 0 saturated heterocycles. The molecule has 0 aliphatic carbocycles. The molecular formula is C16H19NO3S. The molecule has 21 heavy (non-hydrogen) atoms. The van der Waals surface area contributed by atoms with E-state index in [1.54, 1.807) is 13.8 Å². The van der Waals surface area contributed by atoms with E-state index in [4.69, 9.17) is 0 Å². The zero-order valence-corrected chi connectivity index (χ0v) is 13.4. The molecular weight excluding hydrogens is 286 g/mol. The van der Waals surface area contributed by atoms with Crippen molar-refractivity contribution >= 4 is 21.5 Å². The number of hydrogen-bond donors (Lipinski definition) is 2. The summed E-state index contributed by atoms with van der Waals surface area (Å²) in [6, 6.07) is 9.52. The van der Waals surface area contributed by atoms with Gasteiger partial charge in [-0.3, -0.25) is 4.55 Å². The third-order valence-electron chi connectivity index (χ3n) is 3.86. The fraction of sp³-hybridized carbons (Fsp3) is 0.250. The van der Waals surface area contributed by atoms with Gasteiger partial charge in [0.05, 0.1) is 0 Å². The van der Waals surface area contributed by atoms with Crippen molar-refractivity contribution in [1.82, 2.24) is 0 Å². The first-order valence-corrected chi connectivity index (χ1v) is 8.07. The predicted octanol–water partition coefficient (Wildman–Crippen LogP) is 3.91. The van der Waals surface area contributed by atoms with Gasteiger partial charge in [-0.25, -0.2) is 0 Å². The van der Waals surface area contributed by atoms with E-state index in [9.17, 15) is 13.0 Å². The predicted molar refractivity (Wildman–Crippen MR) is 84.9 cm³/mol. The fourth-order valence-corrected chi connectivity index (χ4v) is 3.58. The standard InChI is InChI=1S/C16H19NO3S/c1-10-11(2)15(17-14-8-6-5-7-9-14)13(4)16(12(10)3)21(18,19)20/h5-9,17H,1-4H3,(H,18,19,20). The van der Waals surface area contributed by atoms with Crippen molar-refractivity contribution in [1.29, 1.82) is 0 Å². The van der Waals surface area contributed by atoms with Gasteiger partial charge >= 0.3 is 0 Å². The van der Waals surface area contributed by atoms with E-state index < -0.39 is 10.1 Å². The van der Waals surface area contributed by atoms with Crippen molar-refractivity contribution in [2.24, 2.45) is 0 Å². The summed E-state index contributed by atoms with van der Waals surface area (Å²) in [5, 5.41) is 3.25. The first-order chi connectivity index (χ1) is 9.73. The van der Waals surface area contributed by atoms with Gasteiger partial charge in [-0.05, 0) is 62.1 Å². The molecule has 2 rings (SSSR count). The molecule has 0 bridgehead atoms. The molecule has 2 N–H and O–H groups in total. The Hall–Kier alpha value is -1.85. The number of para-hydroxylation sites is 1. The summed E-state index contributed by atoms with van der Waals surface area (Å²) in [4.78, 5) is -0.0102. The van der Waals surface area contributed by atoms with Gasteiger partial charge in [0, 0.05) is 11.4 Å². The molecule has 0 heterocycles. The van der Waals surface area contributed by atoms with Crippen LogP contribution in [0.4, 0.5) is 11.4 Å². The third-order valence-corrected chi connectivity index (χ3v) is 4.99. The van der Waals surface area contributed by atoms with E-state index >= 15 is 0 Å². The van der Waals surface area contributed by atoms with Crippen LogP contribution in [0.5, 0.6) is 0 Å². The Kier molecular flexibility index (Phi) is 4.07. The van der Waals surface area contributed by atoms with Crippen LogP contribution in [0.1, 0.15) is 22.3 Å². The molecule has 0 aliphatic heterocycles. The monoisotopic (exact) mass is 305 g/mol. The summed E-state index contributed by atoms with van der Waals surface area (Å²) in [7, 11) is -4.26. The molecule has 0 amide bonds. The lowest BCUT2D eigenvalue weighted by Gasteiger charge is -2.20. The lowest BCUT2D eigenvalue weighted by atomic mass is 9.98. The van der Waals surface area contributed by atoms with Crippen molar-refractivity contribution in [2.45, 2.75) is 32.6 Å². The summed E-state index contributed by atoms with van der Waals surface area (Å²) >= 11 is 0. The van der Waals surface area contributed by atoms with E-state index in [1.165, 1.54) is 0 Å². The SMILES string of the molecule is Cc1c(C)c(Nc2ccccc2)c(C)c(S(=O)(=O)O)c1C. The zero-order valence-electron chi connectivity index (χ0n) is 12.6. The highest BCUT2D eigenvalue weighted by molar-refractivity contribution is 7.86. The molecule has 112 valence electrons. The van der Waals surface area contributed by atoms with Crippen molar-refractivity contribution in [3.05, 3.63) is 52.6 Å². The van der Waals surface area contributed by atoms with Crippen LogP contribution < -0.4 is 5.32 Å². The Morgan fingerprint density at radius 1 is 0.857 bits per heavy atom. The number of benzene rings is 2. The van der Waals surface area contributed by atoms with Crippen LogP contribution in [0.3, 0.4) is 0 Å². The molecule has 0 aliphatic rings. The molecule has 0 radical (unpaired) electrons. The summed E-state index contributed by atoms with van der Waals surface area (Å²) in [6.45, 7) is 7.21. The van der Waals surface area contributed by atoms with Crippen LogP contribution in [0.25, 0.3) is 0 Å². The Morgan fingerprint density at radius 3 is 1.95 bits per heavy atom. The molecule has 5 heteroatoms. The zero-order chi connectivity index (χ0) is 15.8. The molecule has 4 nitrogen and oxygen atoms in total. The van der Waals surface area contributed by atoms with Crippen LogP contribution in [-0.4, -0.2) is 13.0 Å². The number of nitrogens with one attached hydrogen (secondary N) is 1. The second kappa shape index (κ2) is 5.50. The van der Waals surface area contributed by atoms with Gasteiger partial charge in [0.15, 0.2) is 0 Å². The first-order valence-electron chi connectivity index (χ1n) is 6.63. The number of rotatable bonds is 3. The lowest BCUT2D eigenvalue weighted by Crippen LogP contribution is -2.10. The Bertz CT molecular complexity index is 781. The highest BCUT2D eigenvalue weighted by Crippen LogP contribution is 2.35. The smallest absolute Gasteiger partial charge is 0.295 e. The minimum Gasteiger partial charge on any atom is -0.355 e. The maximum absolute atomic E-state index is 11.7. The van der Waals surface area contributed by atoms with E-state index in [1.807, 2.05) is 44.2 Å². The minimum atomic E-state index is -4.26. The topological polar surface area (TPSA) is 66.4 Å². The second-order valence-electron chi connectivity index (χ2n) is 5.17. The highest BCUT2D eigenvalue weighted by Gasteiger charge is 2.23. The van der Waals surface area contributed by atoms with Gasteiger partial charge in [-0.2, -0.15) is 8.42 Å². The van der Waals surface area contributed by atoms with Gasteiger partial charge in [0.25, 0.3) is 10.1 Å². The van der Waals surface area contributed by atoms with Crippen molar-refractivity contribution in [3.63, 3.8) is 0 Å². The van der Waals surface area contributed by atoms with E-state index in [0.29, 0.717) is 11.1 Å².